The molecule has 1 aromatic carbocycles. The van der Waals surface area contributed by atoms with Gasteiger partial charge in [-0.25, -0.2) is 9.67 Å². The molecular formula is C22H31N5O. The van der Waals surface area contributed by atoms with Gasteiger partial charge in [-0.15, -0.1) is 0 Å². The van der Waals surface area contributed by atoms with Crippen LogP contribution in [0.3, 0.4) is 0 Å². The molecule has 0 aliphatic rings. The summed E-state index contributed by atoms with van der Waals surface area (Å²) in [5, 5.41) is 5.96. The van der Waals surface area contributed by atoms with Gasteiger partial charge in [0.1, 0.15) is 11.4 Å². The first-order chi connectivity index (χ1) is 13.5. The number of hydrogen-bond donors (Lipinski definition) is 0. The first-order valence-electron chi connectivity index (χ1n) is 9.89. The molecule has 0 amide bonds. The second-order valence-electron chi connectivity index (χ2n) is 7.63. The van der Waals surface area contributed by atoms with Gasteiger partial charge in [0, 0.05) is 30.2 Å². The quantitative estimate of drug-likeness (QED) is 0.504. The minimum absolute atomic E-state index is 0.727. The molecule has 0 spiro atoms. The first kappa shape index (κ1) is 20.3. The van der Waals surface area contributed by atoms with Gasteiger partial charge >= 0.3 is 0 Å². The Bertz CT molecular complexity index is 870. The maximum Gasteiger partial charge on any atom is 0.158 e. The summed E-state index contributed by atoms with van der Waals surface area (Å²) in [5.74, 6) is 0.898. The number of rotatable bonds is 10. The number of nitrogens with zero attached hydrogens (tertiary/aromatic N) is 5. The van der Waals surface area contributed by atoms with Crippen LogP contribution in [0, 0.1) is 0 Å². The van der Waals surface area contributed by atoms with E-state index < -0.39 is 0 Å². The minimum atomic E-state index is 0.727. The molecule has 6 heteroatoms. The van der Waals surface area contributed by atoms with Gasteiger partial charge in [-0.3, -0.25) is 0 Å². The maximum atomic E-state index is 5.85. The van der Waals surface area contributed by atoms with Gasteiger partial charge < -0.3 is 14.5 Å². The maximum absolute atomic E-state index is 5.85. The molecule has 0 aliphatic heterocycles. The lowest BCUT2D eigenvalue weighted by Crippen LogP contribution is -2.15. The van der Waals surface area contributed by atoms with E-state index >= 15 is 0 Å². The molecule has 0 saturated carbocycles. The lowest BCUT2D eigenvalue weighted by Gasteiger charge is -2.10. The number of hydrogen-bond acceptors (Lipinski definition) is 5. The van der Waals surface area contributed by atoms with Crippen LogP contribution < -0.4 is 4.74 Å². The van der Waals surface area contributed by atoms with E-state index in [1.54, 1.807) is 0 Å². The third-order valence-electron chi connectivity index (χ3n) is 4.63. The van der Waals surface area contributed by atoms with E-state index in [0.29, 0.717) is 0 Å². The van der Waals surface area contributed by atoms with Crippen LogP contribution in [0.1, 0.15) is 12.8 Å². The number of aryl methyl sites for hydroxylation is 1. The molecule has 0 aliphatic carbocycles. The average Bonchev–Trinajstić information content (AvgIpc) is 3.04. The Balaban J connectivity index is 1.74. The highest BCUT2D eigenvalue weighted by molar-refractivity contribution is 5.91. The summed E-state index contributed by atoms with van der Waals surface area (Å²) in [6.45, 7) is 3.65. The van der Waals surface area contributed by atoms with Gasteiger partial charge in [-0.05, 0) is 84.0 Å². The monoisotopic (exact) mass is 381 g/mol. The van der Waals surface area contributed by atoms with Crippen LogP contribution in [-0.2, 0) is 6.54 Å². The van der Waals surface area contributed by atoms with E-state index in [9.17, 15) is 0 Å². The minimum Gasteiger partial charge on any atom is -0.494 e. The number of pyridine rings is 1. The number of fused-ring (bicyclic) bond motifs is 1. The van der Waals surface area contributed by atoms with Gasteiger partial charge in [0.2, 0.25) is 0 Å². The van der Waals surface area contributed by atoms with Crippen molar-refractivity contribution in [1.82, 2.24) is 24.6 Å². The molecule has 0 saturated heterocycles. The number of benzene rings is 1. The van der Waals surface area contributed by atoms with Crippen molar-refractivity contribution in [2.45, 2.75) is 19.4 Å². The third kappa shape index (κ3) is 5.30. The van der Waals surface area contributed by atoms with E-state index in [1.807, 2.05) is 29.1 Å². The van der Waals surface area contributed by atoms with E-state index in [1.165, 1.54) is 0 Å². The second kappa shape index (κ2) is 9.66. The summed E-state index contributed by atoms with van der Waals surface area (Å²) in [7, 11) is 8.34. The number of aromatic nitrogens is 3. The zero-order valence-electron chi connectivity index (χ0n) is 17.4. The Morgan fingerprint density at radius 2 is 1.64 bits per heavy atom. The van der Waals surface area contributed by atoms with Crippen LogP contribution in [0.4, 0.5) is 0 Å². The van der Waals surface area contributed by atoms with Gasteiger partial charge in [-0.1, -0.05) is 0 Å². The van der Waals surface area contributed by atoms with E-state index in [2.05, 4.69) is 61.2 Å². The van der Waals surface area contributed by atoms with Gasteiger partial charge in [0.15, 0.2) is 5.65 Å². The van der Waals surface area contributed by atoms with Crippen molar-refractivity contribution < 1.29 is 4.74 Å². The van der Waals surface area contributed by atoms with E-state index in [4.69, 9.17) is 9.84 Å². The highest BCUT2D eigenvalue weighted by Crippen LogP contribution is 2.28. The van der Waals surface area contributed by atoms with Crippen LogP contribution in [0.5, 0.6) is 5.75 Å². The molecule has 28 heavy (non-hydrogen) atoms. The van der Waals surface area contributed by atoms with Gasteiger partial charge in [0.25, 0.3) is 0 Å². The highest BCUT2D eigenvalue weighted by Gasteiger charge is 2.13. The van der Waals surface area contributed by atoms with Crippen LogP contribution in [-0.4, -0.2) is 72.5 Å². The van der Waals surface area contributed by atoms with Crippen LogP contribution in [0.25, 0.3) is 22.3 Å². The third-order valence-corrected chi connectivity index (χ3v) is 4.63. The largest absolute Gasteiger partial charge is 0.494 e. The van der Waals surface area contributed by atoms with Crippen molar-refractivity contribution in [2.75, 3.05) is 47.9 Å². The van der Waals surface area contributed by atoms with Crippen LogP contribution in [0.15, 0.2) is 42.6 Å². The zero-order valence-corrected chi connectivity index (χ0v) is 17.4. The van der Waals surface area contributed by atoms with Crippen LogP contribution in [0.2, 0.25) is 0 Å². The smallest absolute Gasteiger partial charge is 0.158 e. The zero-order chi connectivity index (χ0) is 19.9. The summed E-state index contributed by atoms with van der Waals surface area (Å²) < 4.78 is 7.87. The van der Waals surface area contributed by atoms with Crippen molar-refractivity contribution in [1.29, 1.82) is 0 Å². The van der Waals surface area contributed by atoms with E-state index in [-0.39, 0.29) is 0 Å². The predicted octanol–water partition coefficient (Wildman–Crippen LogP) is 3.38. The summed E-state index contributed by atoms with van der Waals surface area (Å²) >= 11 is 0. The van der Waals surface area contributed by atoms with Crippen LogP contribution >= 0.6 is 0 Å². The molecule has 0 unspecified atom stereocenters. The normalized spacial score (nSPS) is 11.6. The lowest BCUT2D eigenvalue weighted by atomic mass is 10.1. The molecule has 2 heterocycles. The summed E-state index contributed by atoms with van der Waals surface area (Å²) in [5.41, 5.74) is 3.01. The van der Waals surface area contributed by atoms with Crippen molar-refractivity contribution in [2.24, 2.45) is 0 Å². The fourth-order valence-electron chi connectivity index (χ4n) is 3.20. The Morgan fingerprint density at radius 3 is 2.36 bits per heavy atom. The molecule has 6 nitrogen and oxygen atoms in total. The molecule has 0 bridgehead atoms. The molecule has 2 aromatic heterocycles. The fourth-order valence-corrected chi connectivity index (χ4v) is 3.20. The molecule has 3 rings (SSSR count). The van der Waals surface area contributed by atoms with Crippen molar-refractivity contribution in [3.05, 3.63) is 42.6 Å². The molecular weight excluding hydrogens is 350 g/mol. The van der Waals surface area contributed by atoms with Gasteiger partial charge in [0.05, 0.1) is 6.61 Å². The predicted molar refractivity (Wildman–Crippen MR) is 115 cm³/mol. The summed E-state index contributed by atoms with van der Waals surface area (Å²) in [4.78, 5) is 8.92. The first-order valence-corrected chi connectivity index (χ1v) is 9.89. The summed E-state index contributed by atoms with van der Waals surface area (Å²) in [6, 6.07) is 12.3. The van der Waals surface area contributed by atoms with Crippen molar-refractivity contribution in [3.63, 3.8) is 0 Å². The fraction of sp³-hybridized carbons (Fsp3) is 0.455. The van der Waals surface area contributed by atoms with Crippen molar-refractivity contribution in [3.8, 4) is 17.0 Å². The van der Waals surface area contributed by atoms with Crippen molar-refractivity contribution >= 4 is 11.0 Å². The average molecular weight is 382 g/mol. The molecule has 0 atom stereocenters. The molecule has 0 fully saturated rings. The molecule has 0 radical (unpaired) electrons. The number of ether oxygens (including phenoxy) is 1. The SMILES string of the molecule is CN(C)CCCOc1ccc(-c2nn(CCCN(C)C)c3ncccc23)cc1. The Morgan fingerprint density at radius 1 is 0.929 bits per heavy atom. The van der Waals surface area contributed by atoms with Gasteiger partial charge in [-0.2, -0.15) is 5.10 Å². The second-order valence-corrected chi connectivity index (χ2v) is 7.63. The molecule has 150 valence electrons. The summed E-state index contributed by atoms with van der Waals surface area (Å²) in [6.07, 6.45) is 3.89. The Kier molecular flexibility index (Phi) is 7.01. The van der Waals surface area contributed by atoms with E-state index in [0.717, 1.165) is 67.1 Å². The lowest BCUT2D eigenvalue weighted by molar-refractivity contribution is 0.281. The topological polar surface area (TPSA) is 46.4 Å². The molecule has 3 aromatic rings. The Labute approximate surface area is 167 Å². The highest BCUT2D eigenvalue weighted by atomic mass is 16.5. The Hall–Kier alpha value is -2.44. The standard InChI is InChI=1S/C22H31N5O/c1-25(2)14-6-16-27-22-20(8-5-13-23-22)21(24-27)18-9-11-19(12-10-18)28-17-7-15-26(3)4/h5,8-13H,6-7,14-17H2,1-4H3. The molecule has 0 N–H and O–H groups in total.